The summed E-state index contributed by atoms with van der Waals surface area (Å²) < 4.78 is 5.02. The first-order valence-electron chi connectivity index (χ1n) is 5.98. The number of esters is 1. The van der Waals surface area contributed by atoms with Crippen LogP contribution in [-0.2, 0) is 9.53 Å². The summed E-state index contributed by atoms with van der Waals surface area (Å²) in [5.74, 6) is -0.155. The number of carbonyl (C=O) groups is 1. The highest BCUT2D eigenvalue weighted by Crippen LogP contribution is 2.16. The second kappa shape index (κ2) is 6.86. The van der Waals surface area contributed by atoms with E-state index in [-0.39, 0.29) is 17.4 Å². The molecule has 4 nitrogen and oxygen atoms in total. The van der Waals surface area contributed by atoms with Gasteiger partial charge in [0.2, 0.25) is 0 Å². The topological polar surface area (TPSA) is 55.6 Å². The molecule has 0 radical (unpaired) electrons. The molecule has 16 heavy (non-hydrogen) atoms. The van der Waals surface area contributed by atoms with Gasteiger partial charge in [-0.25, -0.2) is 0 Å². The molecule has 0 rings (SSSR count). The Bertz CT molecular complexity index is 217. The van der Waals surface area contributed by atoms with Crippen molar-refractivity contribution in [2.45, 2.75) is 40.7 Å². The third kappa shape index (κ3) is 4.94. The van der Waals surface area contributed by atoms with Crippen molar-refractivity contribution in [1.82, 2.24) is 4.90 Å². The van der Waals surface area contributed by atoms with Gasteiger partial charge in [0.05, 0.1) is 6.61 Å². The second-order valence-electron chi connectivity index (χ2n) is 4.86. The van der Waals surface area contributed by atoms with E-state index in [1.54, 1.807) is 0 Å². The fourth-order valence-corrected chi connectivity index (χ4v) is 1.55. The van der Waals surface area contributed by atoms with E-state index in [4.69, 9.17) is 10.5 Å². The van der Waals surface area contributed by atoms with E-state index in [0.29, 0.717) is 13.2 Å². The highest BCUT2D eigenvalue weighted by atomic mass is 16.5. The summed E-state index contributed by atoms with van der Waals surface area (Å²) in [5, 5.41) is 0. The molecule has 0 spiro atoms. The molecule has 1 atom stereocenters. The SMILES string of the molecule is CCOC(=O)C(C)N(CC)CC(C)(C)CN. The Hall–Kier alpha value is -0.610. The minimum atomic E-state index is -0.198. The van der Waals surface area contributed by atoms with Gasteiger partial charge in [-0.05, 0) is 32.4 Å². The smallest absolute Gasteiger partial charge is 0.323 e. The van der Waals surface area contributed by atoms with E-state index < -0.39 is 0 Å². The van der Waals surface area contributed by atoms with E-state index in [2.05, 4.69) is 18.7 Å². The summed E-state index contributed by atoms with van der Waals surface area (Å²) in [4.78, 5) is 13.7. The van der Waals surface area contributed by atoms with Gasteiger partial charge in [0, 0.05) is 6.54 Å². The first-order valence-corrected chi connectivity index (χ1v) is 5.98. The van der Waals surface area contributed by atoms with Crippen molar-refractivity contribution in [1.29, 1.82) is 0 Å². The molecule has 0 amide bonds. The van der Waals surface area contributed by atoms with Gasteiger partial charge in [0.15, 0.2) is 0 Å². The average molecular weight is 230 g/mol. The maximum absolute atomic E-state index is 11.6. The molecule has 0 saturated heterocycles. The Labute approximate surface area is 99.1 Å². The van der Waals surface area contributed by atoms with Gasteiger partial charge in [0.25, 0.3) is 0 Å². The van der Waals surface area contributed by atoms with Crippen LogP contribution in [0.3, 0.4) is 0 Å². The van der Waals surface area contributed by atoms with Gasteiger partial charge >= 0.3 is 5.97 Å². The Morgan fingerprint density at radius 1 is 1.44 bits per heavy atom. The van der Waals surface area contributed by atoms with Gasteiger partial charge in [-0.1, -0.05) is 20.8 Å². The first kappa shape index (κ1) is 15.4. The third-order valence-corrected chi connectivity index (χ3v) is 2.77. The molecule has 0 heterocycles. The quantitative estimate of drug-likeness (QED) is 0.669. The second-order valence-corrected chi connectivity index (χ2v) is 4.86. The lowest BCUT2D eigenvalue weighted by atomic mass is 9.92. The number of hydrogen-bond donors (Lipinski definition) is 1. The van der Waals surface area contributed by atoms with Gasteiger partial charge < -0.3 is 10.5 Å². The summed E-state index contributed by atoms with van der Waals surface area (Å²) in [7, 11) is 0. The maximum Gasteiger partial charge on any atom is 0.323 e. The van der Waals surface area contributed by atoms with Crippen LogP contribution in [0.15, 0.2) is 0 Å². The summed E-state index contributed by atoms with van der Waals surface area (Å²) in [6.07, 6.45) is 0. The summed E-state index contributed by atoms with van der Waals surface area (Å²) in [6, 6.07) is -0.198. The summed E-state index contributed by atoms with van der Waals surface area (Å²) in [6.45, 7) is 12.6. The molecule has 0 aliphatic carbocycles. The monoisotopic (exact) mass is 230 g/mol. The number of rotatable bonds is 7. The van der Waals surface area contributed by atoms with Crippen LogP contribution < -0.4 is 5.73 Å². The molecule has 1 unspecified atom stereocenters. The van der Waals surface area contributed by atoms with Crippen molar-refractivity contribution in [3.05, 3.63) is 0 Å². The third-order valence-electron chi connectivity index (χ3n) is 2.77. The van der Waals surface area contributed by atoms with Crippen LogP contribution >= 0.6 is 0 Å². The van der Waals surface area contributed by atoms with Crippen LogP contribution in [0, 0.1) is 5.41 Å². The highest BCUT2D eigenvalue weighted by Gasteiger charge is 2.26. The van der Waals surface area contributed by atoms with Crippen molar-refractivity contribution < 1.29 is 9.53 Å². The number of hydrogen-bond acceptors (Lipinski definition) is 4. The Balaban J connectivity index is 4.43. The van der Waals surface area contributed by atoms with E-state index in [9.17, 15) is 4.79 Å². The molecular formula is C12H26N2O2. The molecule has 0 aromatic carbocycles. The molecule has 2 N–H and O–H groups in total. The zero-order valence-corrected chi connectivity index (χ0v) is 11.2. The Kier molecular flexibility index (Phi) is 6.60. The van der Waals surface area contributed by atoms with Crippen molar-refractivity contribution in [3.8, 4) is 0 Å². The fourth-order valence-electron chi connectivity index (χ4n) is 1.55. The lowest BCUT2D eigenvalue weighted by Gasteiger charge is -2.33. The maximum atomic E-state index is 11.6. The van der Waals surface area contributed by atoms with E-state index in [1.807, 2.05) is 20.8 Å². The molecule has 0 aromatic rings. The van der Waals surface area contributed by atoms with Crippen molar-refractivity contribution in [2.75, 3.05) is 26.2 Å². The van der Waals surface area contributed by atoms with Crippen LogP contribution in [0.1, 0.15) is 34.6 Å². The number of carbonyl (C=O) groups excluding carboxylic acids is 1. The number of likely N-dealkylation sites (N-methyl/N-ethyl adjacent to an activating group) is 1. The van der Waals surface area contributed by atoms with Crippen molar-refractivity contribution in [2.24, 2.45) is 11.1 Å². The molecule has 0 aliphatic heterocycles. The molecular weight excluding hydrogens is 204 g/mol. The number of nitrogens with two attached hydrogens (primary N) is 1. The molecule has 4 heteroatoms. The summed E-state index contributed by atoms with van der Waals surface area (Å²) in [5.41, 5.74) is 5.73. The Morgan fingerprint density at radius 3 is 2.38 bits per heavy atom. The molecule has 0 aromatic heterocycles. The predicted molar refractivity (Wildman–Crippen MR) is 66.2 cm³/mol. The average Bonchev–Trinajstić information content (AvgIpc) is 2.25. The molecule has 0 fully saturated rings. The molecule has 0 aliphatic rings. The van der Waals surface area contributed by atoms with Crippen LogP contribution in [0.2, 0.25) is 0 Å². The van der Waals surface area contributed by atoms with Crippen LogP contribution in [0.5, 0.6) is 0 Å². The van der Waals surface area contributed by atoms with E-state index in [1.165, 1.54) is 0 Å². The summed E-state index contributed by atoms with van der Waals surface area (Å²) >= 11 is 0. The van der Waals surface area contributed by atoms with Gasteiger partial charge in [0.1, 0.15) is 6.04 Å². The number of nitrogens with zero attached hydrogens (tertiary/aromatic N) is 1. The highest BCUT2D eigenvalue weighted by molar-refractivity contribution is 5.75. The standard InChI is InChI=1S/C12H26N2O2/c1-6-14(9-12(4,5)8-13)10(3)11(15)16-7-2/h10H,6-9,13H2,1-5H3. The van der Waals surface area contributed by atoms with Crippen LogP contribution in [-0.4, -0.2) is 43.2 Å². The Morgan fingerprint density at radius 2 is 2.00 bits per heavy atom. The van der Waals surface area contributed by atoms with E-state index >= 15 is 0 Å². The minimum Gasteiger partial charge on any atom is -0.465 e. The lowest BCUT2D eigenvalue weighted by molar-refractivity contribution is -0.149. The zero-order valence-electron chi connectivity index (χ0n) is 11.2. The van der Waals surface area contributed by atoms with E-state index in [0.717, 1.165) is 13.1 Å². The van der Waals surface area contributed by atoms with Gasteiger partial charge in [-0.15, -0.1) is 0 Å². The predicted octanol–water partition coefficient (Wildman–Crippen LogP) is 1.24. The number of ether oxygens (including phenoxy) is 1. The molecule has 0 bridgehead atoms. The largest absolute Gasteiger partial charge is 0.465 e. The normalized spacial score (nSPS) is 13.9. The van der Waals surface area contributed by atoms with Crippen molar-refractivity contribution in [3.63, 3.8) is 0 Å². The molecule has 96 valence electrons. The lowest BCUT2D eigenvalue weighted by Crippen LogP contribution is -2.46. The van der Waals surface area contributed by atoms with Gasteiger partial charge in [-0.3, -0.25) is 9.69 Å². The van der Waals surface area contributed by atoms with Crippen LogP contribution in [0.25, 0.3) is 0 Å². The minimum absolute atomic E-state index is 0.0246. The first-order chi connectivity index (χ1) is 7.37. The molecule has 0 saturated carbocycles. The van der Waals surface area contributed by atoms with Crippen molar-refractivity contribution >= 4 is 5.97 Å². The fraction of sp³-hybridized carbons (Fsp3) is 0.917. The van der Waals surface area contributed by atoms with Crippen LogP contribution in [0.4, 0.5) is 0 Å². The zero-order chi connectivity index (χ0) is 12.8. The van der Waals surface area contributed by atoms with Gasteiger partial charge in [-0.2, -0.15) is 0 Å².